The molecule has 0 bridgehead atoms. The van der Waals surface area contributed by atoms with Crippen LogP contribution in [0.15, 0.2) is 78.9 Å². The highest BCUT2D eigenvalue weighted by atomic mass is 15.5. The Balaban J connectivity index is 1.59. The molecule has 0 amide bonds. The topological polar surface area (TPSA) is 110 Å². The first-order chi connectivity index (χ1) is 16.7. The summed E-state index contributed by atoms with van der Waals surface area (Å²) in [6.07, 6.45) is 0. The lowest BCUT2D eigenvalue weighted by atomic mass is 10.0. The molecule has 0 atom stereocenters. The number of nitrogen functional groups attached to an aromatic ring is 1. The van der Waals surface area contributed by atoms with Crippen molar-refractivity contribution in [3.8, 4) is 22.6 Å². The molecule has 0 aliphatic carbocycles. The zero-order chi connectivity index (χ0) is 23.1. The minimum Gasteiger partial charge on any atom is -0.351 e. The molecule has 3 aromatic carbocycles. The van der Waals surface area contributed by atoms with Gasteiger partial charge in [-0.2, -0.15) is 0 Å². The van der Waals surface area contributed by atoms with E-state index in [1.165, 1.54) is 5.56 Å². The van der Waals surface area contributed by atoms with Crippen molar-refractivity contribution in [2.24, 2.45) is 5.84 Å². The SMILES string of the molecule is Cc1ccc2[nH]c(-c3nc(NN)c4nnn(Cc5ccccc5)c4n3)c(-c3ccccc3)c2c1. The van der Waals surface area contributed by atoms with Crippen molar-refractivity contribution >= 4 is 27.9 Å². The summed E-state index contributed by atoms with van der Waals surface area (Å²) in [5.74, 6) is 6.78. The molecule has 34 heavy (non-hydrogen) atoms. The van der Waals surface area contributed by atoms with Crippen molar-refractivity contribution in [3.63, 3.8) is 0 Å². The maximum atomic E-state index is 5.84. The van der Waals surface area contributed by atoms with Crippen LogP contribution in [0.3, 0.4) is 0 Å². The second-order valence-corrected chi connectivity index (χ2v) is 8.24. The average Bonchev–Trinajstić information content (AvgIpc) is 3.46. The molecule has 6 rings (SSSR count). The monoisotopic (exact) mass is 446 g/mol. The van der Waals surface area contributed by atoms with E-state index in [1.54, 1.807) is 4.68 Å². The van der Waals surface area contributed by atoms with Crippen LogP contribution in [0.4, 0.5) is 5.82 Å². The third kappa shape index (κ3) is 3.37. The van der Waals surface area contributed by atoms with Crippen molar-refractivity contribution in [2.45, 2.75) is 13.5 Å². The fraction of sp³-hybridized carbons (Fsp3) is 0.0769. The van der Waals surface area contributed by atoms with Gasteiger partial charge in [-0.15, -0.1) is 5.10 Å². The van der Waals surface area contributed by atoms with E-state index < -0.39 is 0 Å². The van der Waals surface area contributed by atoms with E-state index >= 15 is 0 Å². The van der Waals surface area contributed by atoms with Gasteiger partial charge in [0.15, 0.2) is 22.8 Å². The second-order valence-electron chi connectivity index (χ2n) is 8.24. The molecule has 3 aromatic heterocycles. The number of fused-ring (bicyclic) bond motifs is 2. The van der Waals surface area contributed by atoms with Crippen molar-refractivity contribution in [3.05, 3.63) is 90.0 Å². The fourth-order valence-corrected chi connectivity index (χ4v) is 4.31. The molecule has 0 radical (unpaired) electrons. The van der Waals surface area contributed by atoms with E-state index in [9.17, 15) is 0 Å². The first-order valence-electron chi connectivity index (χ1n) is 11.0. The molecule has 0 spiro atoms. The molecular formula is C26H22N8. The molecule has 8 heteroatoms. The lowest BCUT2D eigenvalue weighted by Gasteiger charge is -2.08. The predicted octanol–water partition coefficient (Wildman–Crippen LogP) is 4.68. The number of aromatic amines is 1. The summed E-state index contributed by atoms with van der Waals surface area (Å²) in [6, 6.07) is 26.7. The second kappa shape index (κ2) is 8.09. The molecule has 0 fully saturated rings. The van der Waals surface area contributed by atoms with Crippen LogP contribution in [0.1, 0.15) is 11.1 Å². The van der Waals surface area contributed by atoms with Crippen LogP contribution >= 0.6 is 0 Å². The van der Waals surface area contributed by atoms with Crippen LogP contribution < -0.4 is 11.3 Å². The van der Waals surface area contributed by atoms with Gasteiger partial charge in [-0.05, 0) is 30.2 Å². The average molecular weight is 447 g/mol. The number of hydrazine groups is 1. The number of H-pyrrole nitrogens is 1. The highest BCUT2D eigenvalue weighted by molar-refractivity contribution is 6.03. The lowest BCUT2D eigenvalue weighted by Crippen LogP contribution is -2.11. The van der Waals surface area contributed by atoms with Crippen molar-refractivity contribution in [2.75, 3.05) is 5.43 Å². The van der Waals surface area contributed by atoms with Gasteiger partial charge >= 0.3 is 0 Å². The van der Waals surface area contributed by atoms with E-state index in [1.807, 2.05) is 48.5 Å². The molecule has 0 aliphatic heterocycles. The number of aryl methyl sites for hydroxylation is 1. The van der Waals surface area contributed by atoms with Crippen LogP contribution in [0.2, 0.25) is 0 Å². The van der Waals surface area contributed by atoms with Gasteiger partial charge in [0.25, 0.3) is 0 Å². The van der Waals surface area contributed by atoms with E-state index in [-0.39, 0.29) is 0 Å². The Morgan fingerprint density at radius 3 is 2.47 bits per heavy atom. The zero-order valence-corrected chi connectivity index (χ0v) is 18.5. The van der Waals surface area contributed by atoms with Crippen molar-refractivity contribution in [1.29, 1.82) is 0 Å². The Labute approximate surface area is 195 Å². The number of benzene rings is 3. The summed E-state index contributed by atoms with van der Waals surface area (Å²) in [5, 5.41) is 9.73. The van der Waals surface area contributed by atoms with Gasteiger partial charge in [-0.1, -0.05) is 77.5 Å². The number of hydrogen-bond donors (Lipinski definition) is 3. The standard InChI is InChI=1S/C26H22N8/c1-16-12-13-20-19(14-16)21(18-10-6-3-7-11-18)22(28-20)24-29-25(31-27)23-26(30-24)34(33-32-23)15-17-8-4-2-5-9-17/h2-14,28H,15,27H2,1H3,(H,29,30,31). The van der Waals surface area contributed by atoms with Gasteiger partial charge in [0.05, 0.1) is 12.2 Å². The number of nitrogens with one attached hydrogen (secondary N) is 2. The molecule has 8 nitrogen and oxygen atoms in total. The smallest absolute Gasteiger partial charge is 0.184 e. The molecule has 4 N–H and O–H groups in total. The van der Waals surface area contributed by atoms with Crippen LogP contribution in [0, 0.1) is 6.92 Å². The third-order valence-electron chi connectivity index (χ3n) is 5.91. The van der Waals surface area contributed by atoms with Gasteiger partial charge in [0, 0.05) is 16.5 Å². The zero-order valence-electron chi connectivity index (χ0n) is 18.5. The van der Waals surface area contributed by atoms with E-state index in [2.05, 4.69) is 58.0 Å². The molecule has 0 aliphatic rings. The Morgan fingerprint density at radius 1 is 0.941 bits per heavy atom. The van der Waals surface area contributed by atoms with Gasteiger partial charge in [-0.3, -0.25) is 0 Å². The quantitative estimate of drug-likeness (QED) is 0.262. The summed E-state index contributed by atoms with van der Waals surface area (Å²) in [4.78, 5) is 13.2. The van der Waals surface area contributed by atoms with E-state index in [0.29, 0.717) is 29.4 Å². The number of rotatable bonds is 5. The van der Waals surface area contributed by atoms with Gasteiger partial charge in [0.2, 0.25) is 0 Å². The molecule has 166 valence electrons. The summed E-state index contributed by atoms with van der Waals surface area (Å²) in [5.41, 5.74) is 10.0. The Hall–Kier alpha value is -4.56. The number of hydrogen-bond acceptors (Lipinski definition) is 6. The molecule has 0 unspecified atom stereocenters. The number of nitrogens with two attached hydrogens (primary N) is 1. The predicted molar refractivity (Wildman–Crippen MR) is 134 cm³/mol. The first-order valence-corrected chi connectivity index (χ1v) is 11.0. The third-order valence-corrected chi connectivity index (χ3v) is 5.91. The maximum Gasteiger partial charge on any atom is 0.184 e. The number of nitrogens with zero attached hydrogens (tertiary/aromatic N) is 5. The highest BCUT2D eigenvalue weighted by Gasteiger charge is 2.21. The summed E-state index contributed by atoms with van der Waals surface area (Å²) in [7, 11) is 0. The van der Waals surface area contributed by atoms with Gasteiger partial charge in [-0.25, -0.2) is 20.5 Å². The van der Waals surface area contributed by atoms with E-state index in [4.69, 9.17) is 15.8 Å². The first kappa shape index (κ1) is 20.1. The minimum absolute atomic E-state index is 0.424. The number of aromatic nitrogens is 6. The van der Waals surface area contributed by atoms with Crippen molar-refractivity contribution in [1.82, 2.24) is 29.9 Å². The number of anilines is 1. The highest BCUT2D eigenvalue weighted by Crippen LogP contribution is 2.38. The van der Waals surface area contributed by atoms with Crippen LogP contribution in [0.5, 0.6) is 0 Å². The van der Waals surface area contributed by atoms with Crippen LogP contribution in [-0.2, 0) is 6.54 Å². The van der Waals surface area contributed by atoms with Crippen LogP contribution in [-0.4, -0.2) is 29.9 Å². The Bertz CT molecular complexity index is 1620. The lowest BCUT2D eigenvalue weighted by molar-refractivity contribution is 0.664. The fourth-order valence-electron chi connectivity index (χ4n) is 4.31. The molecule has 3 heterocycles. The summed E-state index contributed by atoms with van der Waals surface area (Å²) < 4.78 is 1.77. The van der Waals surface area contributed by atoms with Gasteiger partial charge in [0.1, 0.15) is 0 Å². The normalized spacial score (nSPS) is 11.4. The summed E-state index contributed by atoms with van der Waals surface area (Å²) >= 11 is 0. The summed E-state index contributed by atoms with van der Waals surface area (Å²) in [6.45, 7) is 2.63. The minimum atomic E-state index is 0.424. The molecule has 0 saturated heterocycles. The van der Waals surface area contributed by atoms with Gasteiger partial charge < -0.3 is 10.4 Å². The molecule has 0 saturated carbocycles. The molecular weight excluding hydrogens is 424 g/mol. The van der Waals surface area contributed by atoms with E-state index in [0.717, 1.165) is 33.3 Å². The Kier molecular flexibility index (Phi) is 4.78. The maximum absolute atomic E-state index is 5.84. The largest absolute Gasteiger partial charge is 0.351 e. The molecule has 6 aromatic rings. The Morgan fingerprint density at radius 2 is 1.71 bits per heavy atom. The van der Waals surface area contributed by atoms with Crippen LogP contribution in [0.25, 0.3) is 44.7 Å². The van der Waals surface area contributed by atoms with Crippen molar-refractivity contribution < 1.29 is 0 Å².